The fourth-order valence-corrected chi connectivity index (χ4v) is 1.89. The molecular weight excluding hydrogens is 176 g/mol. The van der Waals surface area contributed by atoms with Crippen molar-refractivity contribution in [3.05, 3.63) is 0 Å². The summed E-state index contributed by atoms with van der Waals surface area (Å²) >= 11 is 0. The van der Waals surface area contributed by atoms with Gasteiger partial charge < -0.3 is 15.4 Å². The topological polar surface area (TPSA) is 38.5 Å². The highest BCUT2D eigenvalue weighted by atomic mass is 16.5. The molecule has 0 aliphatic heterocycles. The second-order valence-corrected chi connectivity index (χ2v) is 4.74. The fraction of sp³-hybridized carbons (Fsp3) is 1.00. The van der Waals surface area contributed by atoms with Crippen LogP contribution in [0.15, 0.2) is 0 Å². The highest BCUT2D eigenvalue weighted by Gasteiger charge is 2.33. The van der Waals surface area contributed by atoms with Crippen molar-refractivity contribution in [2.24, 2.45) is 17.6 Å². The first-order valence-corrected chi connectivity index (χ1v) is 5.56. The normalized spacial score (nSPS) is 28.1. The molecule has 0 aromatic rings. The summed E-state index contributed by atoms with van der Waals surface area (Å²) in [5.41, 5.74) is 5.97. The van der Waals surface area contributed by atoms with Crippen molar-refractivity contribution in [1.82, 2.24) is 4.90 Å². The molecule has 0 aromatic heterocycles. The maximum atomic E-state index is 5.97. The summed E-state index contributed by atoms with van der Waals surface area (Å²) in [4.78, 5) is 2.36. The van der Waals surface area contributed by atoms with E-state index in [2.05, 4.69) is 18.9 Å². The third-order valence-corrected chi connectivity index (χ3v) is 3.06. The molecule has 84 valence electrons. The quantitative estimate of drug-likeness (QED) is 0.664. The van der Waals surface area contributed by atoms with E-state index in [1.807, 2.05) is 0 Å². The van der Waals surface area contributed by atoms with Crippen molar-refractivity contribution in [3.8, 4) is 0 Å². The van der Waals surface area contributed by atoms with Crippen LogP contribution in [0.4, 0.5) is 0 Å². The van der Waals surface area contributed by atoms with Gasteiger partial charge in [0, 0.05) is 32.8 Å². The molecule has 0 heterocycles. The Labute approximate surface area is 87.6 Å². The van der Waals surface area contributed by atoms with E-state index in [0.29, 0.717) is 0 Å². The van der Waals surface area contributed by atoms with Gasteiger partial charge in [-0.15, -0.1) is 0 Å². The first kappa shape index (κ1) is 12.0. The summed E-state index contributed by atoms with van der Waals surface area (Å²) in [7, 11) is 3.89. The van der Waals surface area contributed by atoms with Gasteiger partial charge >= 0.3 is 0 Å². The molecule has 3 heteroatoms. The summed E-state index contributed by atoms with van der Waals surface area (Å²) in [5, 5.41) is 0. The highest BCUT2D eigenvalue weighted by Crippen LogP contribution is 2.37. The monoisotopic (exact) mass is 200 g/mol. The predicted octanol–water partition coefficient (Wildman–Crippen LogP) is 0.938. The van der Waals surface area contributed by atoms with E-state index in [1.165, 1.54) is 13.0 Å². The third-order valence-electron chi connectivity index (χ3n) is 3.06. The Kier molecular flexibility index (Phi) is 4.85. The molecule has 3 unspecified atom stereocenters. The Bertz CT molecular complexity index is 163. The zero-order chi connectivity index (χ0) is 10.6. The Balaban J connectivity index is 2.03. The van der Waals surface area contributed by atoms with E-state index in [1.54, 1.807) is 7.11 Å². The van der Waals surface area contributed by atoms with Gasteiger partial charge in [0.25, 0.3) is 0 Å². The molecule has 1 fully saturated rings. The number of hydrogen-bond donors (Lipinski definition) is 1. The Hall–Kier alpha value is -0.120. The summed E-state index contributed by atoms with van der Waals surface area (Å²) in [6.45, 7) is 5.30. The van der Waals surface area contributed by atoms with Crippen molar-refractivity contribution in [2.45, 2.75) is 25.8 Å². The number of nitrogens with zero attached hydrogens (tertiary/aromatic N) is 1. The van der Waals surface area contributed by atoms with Crippen molar-refractivity contribution in [2.75, 3.05) is 33.9 Å². The number of methoxy groups -OCH3 is 1. The lowest BCUT2D eigenvalue weighted by Gasteiger charge is -2.20. The SMILES string of the molecule is COCCC(N)CN(C)CC1CC1C. The molecular formula is C11H24N2O. The van der Waals surface area contributed by atoms with E-state index in [9.17, 15) is 0 Å². The van der Waals surface area contributed by atoms with Crippen molar-refractivity contribution in [1.29, 1.82) is 0 Å². The predicted molar refractivity (Wildman–Crippen MR) is 59.2 cm³/mol. The Morgan fingerprint density at radius 1 is 1.57 bits per heavy atom. The molecule has 0 amide bonds. The molecule has 14 heavy (non-hydrogen) atoms. The van der Waals surface area contributed by atoms with Crippen molar-refractivity contribution in [3.63, 3.8) is 0 Å². The van der Waals surface area contributed by atoms with Gasteiger partial charge in [-0.2, -0.15) is 0 Å². The lowest BCUT2D eigenvalue weighted by atomic mass is 10.2. The molecule has 0 radical (unpaired) electrons. The number of rotatable bonds is 7. The first-order chi connectivity index (χ1) is 6.63. The largest absolute Gasteiger partial charge is 0.385 e. The molecule has 0 saturated heterocycles. The minimum absolute atomic E-state index is 0.258. The van der Waals surface area contributed by atoms with Crippen LogP contribution >= 0.6 is 0 Å². The number of likely N-dealkylation sites (N-methyl/N-ethyl adjacent to an activating group) is 1. The van der Waals surface area contributed by atoms with Gasteiger partial charge in [-0.05, 0) is 31.7 Å². The second kappa shape index (κ2) is 5.69. The van der Waals surface area contributed by atoms with Crippen LogP contribution in [0.25, 0.3) is 0 Å². The average molecular weight is 200 g/mol. The van der Waals surface area contributed by atoms with Gasteiger partial charge in [-0.1, -0.05) is 6.92 Å². The van der Waals surface area contributed by atoms with Gasteiger partial charge in [0.2, 0.25) is 0 Å². The van der Waals surface area contributed by atoms with Crippen LogP contribution in [0.1, 0.15) is 19.8 Å². The van der Waals surface area contributed by atoms with Gasteiger partial charge in [-0.3, -0.25) is 0 Å². The van der Waals surface area contributed by atoms with Gasteiger partial charge in [0.1, 0.15) is 0 Å². The van der Waals surface area contributed by atoms with E-state index in [4.69, 9.17) is 10.5 Å². The molecule has 1 aliphatic rings. The van der Waals surface area contributed by atoms with Crippen LogP contribution in [0.3, 0.4) is 0 Å². The lowest BCUT2D eigenvalue weighted by molar-refractivity contribution is 0.178. The van der Waals surface area contributed by atoms with E-state index >= 15 is 0 Å². The summed E-state index contributed by atoms with van der Waals surface area (Å²) in [6, 6.07) is 0.258. The Morgan fingerprint density at radius 3 is 2.71 bits per heavy atom. The minimum atomic E-state index is 0.258. The van der Waals surface area contributed by atoms with Crippen LogP contribution in [0.2, 0.25) is 0 Å². The van der Waals surface area contributed by atoms with E-state index in [0.717, 1.165) is 31.4 Å². The summed E-state index contributed by atoms with van der Waals surface area (Å²) in [5.74, 6) is 1.86. The van der Waals surface area contributed by atoms with Crippen LogP contribution in [0, 0.1) is 11.8 Å². The number of nitrogens with two attached hydrogens (primary N) is 1. The fourth-order valence-electron chi connectivity index (χ4n) is 1.89. The van der Waals surface area contributed by atoms with Gasteiger partial charge in [0.15, 0.2) is 0 Å². The Morgan fingerprint density at radius 2 is 2.21 bits per heavy atom. The molecule has 2 N–H and O–H groups in total. The lowest BCUT2D eigenvalue weighted by Crippen LogP contribution is -2.37. The van der Waals surface area contributed by atoms with E-state index < -0.39 is 0 Å². The average Bonchev–Trinajstić information content (AvgIpc) is 2.77. The van der Waals surface area contributed by atoms with Crippen molar-refractivity contribution >= 4 is 0 Å². The molecule has 1 rings (SSSR count). The van der Waals surface area contributed by atoms with Crippen LogP contribution in [0.5, 0.6) is 0 Å². The molecule has 1 aliphatic carbocycles. The molecule has 0 bridgehead atoms. The summed E-state index contributed by atoms with van der Waals surface area (Å²) in [6.07, 6.45) is 2.36. The highest BCUT2D eigenvalue weighted by molar-refractivity contribution is 4.85. The van der Waals surface area contributed by atoms with Gasteiger partial charge in [-0.25, -0.2) is 0 Å². The molecule has 0 spiro atoms. The van der Waals surface area contributed by atoms with Crippen LogP contribution in [-0.2, 0) is 4.74 Å². The third kappa shape index (κ3) is 4.40. The number of ether oxygens (including phenoxy) is 1. The van der Waals surface area contributed by atoms with E-state index in [-0.39, 0.29) is 6.04 Å². The zero-order valence-electron chi connectivity index (χ0n) is 9.70. The second-order valence-electron chi connectivity index (χ2n) is 4.74. The summed E-state index contributed by atoms with van der Waals surface area (Å²) < 4.78 is 5.01. The molecule has 3 atom stereocenters. The van der Waals surface area contributed by atoms with Crippen LogP contribution < -0.4 is 5.73 Å². The van der Waals surface area contributed by atoms with Crippen molar-refractivity contribution < 1.29 is 4.74 Å². The van der Waals surface area contributed by atoms with Crippen LogP contribution in [-0.4, -0.2) is 44.8 Å². The molecule has 3 nitrogen and oxygen atoms in total. The maximum Gasteiger partial charge on any atom is 0.0477 e. The maximum absolute atomic E-state index is 5.97. The standard InChI is InChI=1S/C11H24N2O/c1-9-6-10(9)7-13(2)8-11(12)4-5-14-3/h9-11H,4-8,12H2,1-3H3. The minimum Gasteiger partial charge on any atom is -0.385 e. The molecule has 1 saturated carbocycles. The van der Waals surface area contributed by atoms with Gasteiger partial charge in [0.05, 0.1) is 0 Å². The smallest absolute Gasteiger partial charge is 0.0477 e. The molecule has 0 aromatic carbocycles. The number of hydrogen-bond acceptors (Lipinski definition) is 3. The first-order valence-electron chi connectivity index (χ1n) is 5.56. The zero-order valence-corrected chi connectivity index (χ0v) is 9.70.